The number of nitrogens with one attached hydrogen (secondary N) is 1. The number of aromatic nitrogens is 1. The Morgan fingerprint density at radius 1 is 1.33 bits per heavy atom. The van der Waals surface area contributed by atoms with Crippen LogP contribution in [0.15, 0.2) is 0 Å². The summed E-state index contributed by atoms with van der Waals surface area (Å²) in [6.07, 6.45) is 3.84. The Kier molecular flexibility index (Phi) is 6.65. The molecule has 0 aliphatic carbocycles. The van der Waals surface area contributed by atoms with Crippen molar-refractivity contribution in [3.63, 3.8) is 0 Å². The molecule has 0 atom stereocenters. The van der Waals surface area contributed by atoms with Crippen LogP contribution >= 0.6 is 11.3 Å². The summed E-state index contributed by atoms with van der Waals surface area (Å²) in [7, 11) is 0. The Labute approximate surface area is 134 Å². The van der Waals surface area contributed by atoms with E-state index in [0.717, 1.165) is 25.4 Å². The van der Waals surface area contributed by atoms with Crippen LogP contribution in [0, 0.1) is 5.92 Å². The summed E-state index contributed by atoms with van der Waals surface area (Å²) in [5, 5.41) is 4.77. The van der Waals surface area contributed by atoms with Crippen molar-refractivity contribution in [3.8, 4) is 0 Å². The molecule has 1 aromatic rings. The van der Waals surface area contributed by atoms with Gasteiger partial charge in [0.15, 0.2) is 0 Å². The first-order valence-corrected chi connectivity index (χ1v) is 9.33. The smallest absolute Gasteiger partial charge is 0.0944 e. The van der Waals surface area contributed by atoms with Gasteiger partial charge in [0.2, 0.25) is 0 Å². The average molecular weight is 310 g/mol. The molecule has 0 bridgehead atoms. The fraction of sp³-hybridized carbons (Fsp3) is 0.824. The summed E-state index contributed by atoms with van der Waals surface area (Å²) >= 11 is 1.92. The summed E-state index contributed by atoms with van der Waals surface area (Å²) in [5.41, 5.74) is 1.31. The van der Waals surface area contributed by atoms with Gasteiger partial charge in [-0.2, -0.15) is 0 Å². The first-order chi connectivity index (χ1) is 10.1. The van der Waals surface area contributed by atoms with Crippen molar-refractivity contribution in [1.29, 1.82) is 0 Å². The van der Waals surface area contributed by atoms with Crippen LogP contribution in [-0.2, 0) is 13.0 Å². The molecule has 0 saturated carbocycles. The monoisotopic (exact) mass is 309 g/mol. The third kappa shape index (κ3) is 5.04. The van der Waals surface area contributed by atoms with Crippen LogP contribution in [0.1, 0.15) is 62.0 Å². The molecule has 1 aromatic heterocycles. The second-order valence-corrected chi connectivity index (χ2v) is 7.79. The molecular weight excluding hydrogens is 278 g/mol. The molecule has 120 valence electrons. The Bertz CT molecular complexity index is 420. The van der Waals surface area contributed by atoms with Crippen LogP contribution in [-0.4, -0.2) is 36.1 Å². The van der Waals surface area contributed by atoms with E-state index < -0.39 is 0 Å². The van der Waals surface area contributed by atoms with Crippen molar-refractivity contribution in [2.24, 2.45) is 5.92 Å². The Balaban J connectivity index is 1.90. The summed E-state index contributed by atoms with van der Waals surface area (Å²) in [5.74, 6) is 1.44. The van der Waals surface area contributed by atoms with Crippen molar-refractivity contribution in [1.82, 2.24) is 15.2 Å². The maximum atomic E-state index is 4.91. The number of hydrogen-bond donors (Lipinski definition) is 1. The average Bonchev–Trinajstić information content (AvgIpc) is 2.88. The van der Waals surface area contributed by atoms with Crippen LogP contribution in [0.5, 0.6) is 0 Å². The predicted molar refractivity (Wildman–Crippen MR) is 92.1 cm³/mol. The van der Waals surface area contributed by atoms with Gasteiger partial charge in [0.25, 0.3) is 0 Å². The van der Waals surface area contributed by atoms with E-state index in [1.807, 2.05) is 11.3 Å². The molecule has 0 radical (unpaired) electrons. The summed E-state index contributed by atoms with van der Waals surface area (Å²) < 4.78 is 0. The topological polar surface area (TPSA) is 28.2 Å². The maximum Gasteiger partial charge on any atom is 0.0944 e. The Hall–Kier alpha value is -0.450. The molecule has 2 rings (SSSR count). The Morgan fingerprint density at radius 2 is 2.05 bits per heavy atom. The largest absolute Gasteiger partial charge is 0.312 e. The number of likely N-dealkylation sites (tertiary alicyclic amines) is 1. The normalized spacial score (nSPS) is 17.8. The number of nitrogens with zero attached hydrogens (tertiary/aromatic N) is 2. The van der Waals surface area contributed by atoms with Crippen molar-refractivity contribution in [2.45, 2.75) is 59.4 Å². The first kappa shape index (κ1) is 16.9. The summed E-state index contributed by atoms with van der Waals surface area (Å²) in [6.45, 7) is 14.8. The lowest BCUT2D eigenvalue weighted by Crippen LogP contribution is -2.34. The van der Waals surface area contributed by atoms with Crippen LogP contribution in [0.3, 0.4) is 0 Å². The van der Waals surface area contributed by atoms with Crippen molar-refractivity contribution in [3.05, 3.63) is 15.6 Å². The zero-order valence-electron chi connectivity index (χ0n) is 14.1. The van der Waals surface area contributed by atoms with Crippen LogP contribution in [0.4, 0.5) is 0 Å². The van der Waals surface area contributed by atoms with E-state index in [1.54, 1.807) is 0 Å². The van der Waals surface area contributed by atoms with Gasteiger partial charge >= 0.3 is 0 Å². The molecule has 21 heavy (non-hydrogen) atoms. The SMILES string of the molecule is CCNCc1sc(CCN2CCC(C)CC2)nc1C(C)C. The fourth-order valence-electron chi connectivity index (χ4n) is 2.88. The molecule has 0 unspecified atom stereocenters. The van der Waals surface area contributed by atoms with E-state index in [-0.39, 0.29) is 0 Å². The molecule has 4 heteroatoms. The van der Waals surface area contributed by atoms with Gasteiger partial charge in [-0.3, -0.25) is 0 Å². The number of thiazole rings is 1. The van der Waals surface area contributed by atoms with Gasteiger partial charge in [0.05, 0.1) is 10.7 Å². The van der Waals surface area contributed by atoms with Crippen LogP contribution in [0.2, 0.25) is 0 Å². The van der Waals surface area contributed by atoms with E-state index in [4.69, 9.17) is 4.98 Å². The van der Waals surface area contributed by atoms with Crippen LogP contribution < -0.4 is 5.32 Å². The summed E-state index contributed by atoms with van der Waals surface area (Å²) in [6, 6.07) is 0. The Morgan fingerprint density at radius 3 is 2.67 bits per heavy atom. The predicted octanol–water partition coefficient (Wildman–Crippen LogP) is 3.65. The van der Waals surface area contributed by atoms with Gasteiger partial charge in [-0.25, -0.2) is 4.98 Å². The lowest BCUT2D eigenvalue weighted by atomic mass is 9.99. The number of rotatable bonds is 7. The van der Waals surface area contributed by atoms with Gasteiger partial charge < -0.3 is 10.2 Å². The molecule has 1 aliphatic rings. The minimum Gasteiger partial charge on any atom is -0.312 e. The zero-order valence-corrected chi connectivity index (χ0v) is 14.9. The van der Waals surface area contributed by atoms with Gasteiger partial charge in [0.1, 0.15) is 0 Å². The van der Waals surface area contributed by atoms with E-state index in [9.17, 15) is 0 Å². The molecule has 1 aliphatic heterocycles. The lowest BCUT2D eigenvalue weighted by molar-refractivity contribution is 0.194. The second kappa shape index (κ2) is 8.25. The third-order valence-electron chi connectivity index (χ3n) is 4.37. The lowest BCUT2D eigenvalue weighted by Gasteiger charge is -2.29. The molecular formula is C17H31N3S. The number of piperidine rings is 1. The molecule has 1 N–H and O–H groups in total. The quantitative estimate of drug-likeness (QED) is 0.833. The van der Waals surface area contributed by atoms with Crippen molar-refractivity contribution < 1.29 is 0 Å². The van der Waals surface area contributed by atoms with Gasteiger partial charge in [-0.1, -0.05) is 27.7 Å². The van der Waals surface area contributed by atoms with E-state index in [1.165, 1.54) is 48.1 Å². The minimum atomic E-state index is 0.527. The molecule has 2 heterocycles. The van der Waals surface area contributed by atoms with E-state index >= 15 is 0 Å². The molecule has 1 saturated heterocycles. The van der Waals surface area contributed by atoms with Gasteiger partial charge in [-0.15, -0.1) is 11.3 Å². The summed E-state index contributed by atoms with van der Waals surface area (Å²) in [4.78, 5) is 8.96. The fourth-order valence-corrected chi connectivity index (χ4v) is 4.06. The second-order valence-electron chi connectivity index (χ2n) is 6.63. The van der Waals surface area contributed by atoms with Crippen molar-refractivity contribution >= 4 is 11.3 Å². The maximum absolute atomic E-state index is 4.91. The van der Waals surface area contributed by atoms with Crippen LogP contribution in [0.25, 0.3) is 0 Å². The highest BCUT2D eigenvalue weighted by Crippen LogP contribution is 2.26. The molecule has 0 aromatic carbocycles. The minimum absolute atomic E-state index is 0.527. The zero-order chi connectivity index (χ0) is 15.2. The molecule has 0 spiro atoms. The van der Waals surface area contributed by atoms with Crippen molar-refractivity contribution in [2.75, 3.05) is 26.2 Å². The molecule has 3 nitrogen and oxygen atoms in total. The first-order valence-electron chi connectivity index (χ1n) is 8.51. The van der Waals surface area contributed by atoms with Gasteiger partial charge in [-0.05, 0) is 44.3 Å². The highest BCUT2D eigenvalue weighted by atomic mass is 32.1. The van der Waals surface area contributed by atoms with Gasteiger partial charge in [0, 0.05) is 24.4 Å². The van der Waals surface area contributed by atoms with E-state index in [0.29, 0.717) is 5.92 Å². The highest BCUT2D eigenvalue weighted by molar-refractivity contribution is 7.11. The van der Waals surface area contributed by atoms with E-state index in [2.05, 4.69) is 37.9 Å². The number of hydrogen-bond acceptors (Lipinski definition) is 4. The standard InChI is InChI=1S/C17H31N3S/c1-5-18-12-15-17(13(2)3)19-16(21-15)8-11-20-9-6-14(4)7-10-20/h13-14,18H,5-12H2,1-4H3. The molecule has 1 fully saturated rings. The third-order valence-corrected chi connectivity index (χ3v) is 5.50. The molecule has 0 amide bonds. The highest BCUT2D eigenvalue weighted by Gasteiger charge is 2.17.